The third kappa shape index (κ3) is 6.11. The molecule has 0 aliphatic carbocycles. The fourth-order valence-corrected chi connectivity index (χ4v) is 2.61. The van der Waals surface area contributed by atoms with Crippen molar-refractivity contribution in [2.45, 2.75) is 19.4 Å². The zero-order valence-corrected chi connectivity index (χ0v) is 14.9. The Kier molecular flexibility index (Phi) is 8.74. The first-order chi connectivity index (χ1) is 11.1. The highest BCUT2D eigenvalue weighted by Gasteiger charge is 2.25. The molecule has 2 N–H and O–H groups in total. The van der Waals surface area contributed by atoms with E-state index in [9.17, 15) is 9.59 Å². The van der Waals surface area contributed by atoms with Gasteiger partial charge in [0.15, 0.2) is 0 Å². The van der Waals surface area contributed by atoms with Crippen molar-refractivity contribution >= 4 is 24.3 Å². The topological polar surface area (TPSA) is 76.7 Å². The van der Waals surface area contributed by atoms with Gasteiger partial charge in [0.05, 0.1) is 26.2 Å². The molecule has 1 saturated heterocycles. The molecule has 1 amide bonds. The van der Waals surface area contributed by atoms with Gasteiger partial charge in [0.1, 0.15) is 6.04 Å². The van der Waals surface area contributed by atoms with Crippen molar-refractivity contribution < 1.29 is 19.1 Å². The molecule has 2 atom stereocenters. The molecule has 24 heavy (non-hydrogen) atoms. The van der Waals surface area contributed by atoms with Crippen LogP contribution in [0.2, 0.25) is 0 Å². The van der Waals surface area contributed by atoms with Gasteiger partial charge in [-0.25, -0.2) is 0 Å². The van der Waals surface area contributed by atoms with E-state index in [4.69, 9.17) is 9.47 Å². The zero-order chi connectivity index (χ0) is 16.7. The van der Waals surface area contributed by atoms with Crippen LogP contribution < -0.4 is 10.6 Å². The first-order valence-corrected chi connectivity index (χ1v) is 7.82. The van der Waals surface area contributed by atoms with Crippen molar-refractivity contribution in [2.75, 3.05) is 33.4 Å². The monoisotopic (exact) mass is 356 g/mol. The van der Waals surface area contributed by atoms with Crippen molar-refractivity contribution in [2.24, 2.45) is 5.92 Å². The van der Waals surface area contributed by atoms with E-state index in [2.05, 4.69) is 10.6 Å². The lowest BCUT2D eigenvalue weighted by atomic mass is 9.98. The standard InChI is InChI=1S/C17H24N2O4.ClH/c1-12-4-3-5-13(8-12)9-14(17(21)22-2)10-19-16(20)15-11-23-7-6-18-15;/h3-5,8,14-15,18H,6-7,9-11H2,1-2H3,(H,19,20);1H. The Labute approximate surface area is 148 Å². The van der Waals surface area contributed by atoms with E-state index in [-0.39, 0.29) is 36.9 Å². The summed E-state index contributed by atoms with van der Waals surface area (Å²) in [6.45, 7) is 3.88. The van der Waals surface area contributed by atoms with Crippen LogP contribution in [0, 0.1) is 12.8 Å². The maximum Gasteiger partial charge on any atom is 0.310 e. The normalized spacial score (nSPS) is 18.2. The molecule has 0 saturated carbocycles. The van der Waals surface area contributed by atoms with E-state index < -0.39 is 5.92 Å². The predicted octanol–water partition coefficient (Wildman–Crippen LogP) is 0.853. The van der Waals surface area contributed by atoms with Gasteiger partial charge in [-0.15, -0.1) is 12.4 Å². The summed E-state index contributed by atoms with van der Waals surface area (Å²) in [5.41, 5.74) is 2.19. The molecule has 0 aromatic heterocycles. The van der Waals surface area contributed by atoms with Gasteiger partial charge in [-0.1, -0.05) is 29.8 Å². The smallest absolute Gasteiger partial charge is 0.310 e. The number of rotatable bonds is 6. The van der Waals surface area contributed by atoms with E-state index in [1.807, 2.05) is 31.2 Å². The lowest BCUT2D eigenvalue weighted by Gasteiger charge is -2.24. The first-order valence-electron chi connectivity index (χ1n) is 7.82. The molecule has 1 aliphatic rings. The summed E-state index contributed by atoms with van der Waals surface area (Å²) in [4.78, 5) is 24.1. The minimum atomic E-state index is -0.407. The molecule has 0 spiro atoms. The van der Waals surface area contributed by atoms with Crippen LogP contribution in [0.5, 0.6) is 0 Å². The lowest BCUT2D eigenvalue weighted by Crippen LogP contribution is -2.52. The van der Waals surface area contributed by atoms with E-state index in [0.29, 0.717) is 26.2 Å². The Morgan fingerprint density at radius 1 is 1.46 bits per heavy atom. The highest BCUT2D eigenvalue weighted by molar-refractivity contribution is 5.85. The summed E-state index contributed by atoms with van der Waals surface area (Å²) >= 11 is 0. The van der Waals surface area contributed by atoms with E-state index in [1.54, 1.807) is 0 Å². The van der Waals surface area contributed by atoms with Crippen molar-refractivity contribution in [3.05, 3.63) is 35.4 Å². The molecule has 2 unspecified atom stereocenters. The molecule has 7 heteroatoms. The Hall–Kier alpha value is -1.63. The Bertz CT molecular complexity index is 547. The molecule has 0 radical (unpaired) electrons. The van der Waals surface area contributed by atoms with E-state index in [0.717, 1.165) is 11.1 Å². The second-order valence-electron chi connectivity index (χ2n) is 5.74. The summed E-state index contributed by atoms with van der Waals surface area (Å²) < 4.78 is 10.1. The van der Waals surface area contributed by atoms with Crippen LogP contribution in [-0.2, 0) is 25.5 Å². The van der Waals surface area contributed by atoms with Gasteiger partial charge >= 0.3 is 5.97 Å². The van der Waals surface area contributed by atoms with Crippen LogP contribution in [0.4, 0.5) is 0 Å². The largest absolute Gasteiger partial charge is 0.469 e. The summed E-state index contributed by atoms with van der Waals surface area (Å²) in [5.74, 6) is -0.877. The number of methoxy groups -OCH3 is 1. The van der Waals surface area contributed by atoms with Crippen LogP contribution in [-0.4, -0.2) is 51.3 Å². The molecule has 0 bridgehead atoms. The lowest BCUT2D eigenvalue weighted by molar-refractivity contribution is -0.145. The first kappa shape index (κ1) is 20.4. The number of amides is 1. The van der Waals surface area contributed by atoms with Crippen LogP contribution in [0.1, 0.15) is 11.1 Å². The second kappa shape index (κ2) is 10.3. The van der Waals surface area contributed by atoms with Gasteiger partial charge in [0.25, 0.3) is 0 Å². The second-order valence-corrected chi connectivity index (χ2v) is 5.74. The molecule has 1 aromatic carbocycles. The van der Waals surface area contributed by atoms with Crippen molar-refractivity contribution in [3.63, 3.8) is 0 Å². The fourth-order valence-electron chi connectivity index (χ4n) is 2.61. The quantitative estimate of drug-likeness (QED) is 0.739. The number of morpholine rings is 1. The summed E-state index contributed by atoms with van der Waals surface area (Å²) in [6.07, 6.45) is 0.531. The van der Waals surface area contributed by atoms with Crippen LogP contribution in [0.15, 0.2) is 24.3 Å². The molecule has 1 aromatic rings. The summed E-state index contributed by atoms with van der Waals surface area (Å²) in [7, 11) is 1.37. The SMILES string of the molecule is COC(=O)C(CNC(=O)C1COCCN1)Cc1cccc(C)c1.Cl. The molecule has 134 valence electrons. The number of esters is 1. The number of hydrogen-bond acceptors (Lipinski definition) is 5. The number of carbonyl (C=O) groups excluding carboxylic acids is 2. The maximum absolute atomic E-state index is 12.1. The third-order valence-corrected chi connectivity index (χ3v) is 3.86. The highest BCUT2D eigenvalue weighted by atomic mass is 35.5. The molecular weight excluding hydrogens is 332 g/mol. The van der Waals surface area contributed by atoms with Gasteiger partial charge in [0, 0.05) is 13.1 Å². The van der Waals surface area contributed by atoms with E-state index in [1.165, 1.54) is 7.11 Å². The van der Waals surface area contributed by atoms with Gasteiger partial charge in [-0.2, -0.15) is 0 Å². The van der Waals surface area contributed by atoms with Gasteiger partial charge < -0.3 is 20.1 Å². The molecule has 1 heterocycles. The van der Waals surface area contributed by atoms with Crippen LogP contribution >= 0.6 is 12.4 Å². The number of nitrogens with one attached hydrogen (secondary N) is 2. The van der Waals surface area contributed by atoms with Gasteiger partial charge in [-0.3, -0.25) is 9.59 Å². The summed E-state index contributed by atoms with van der Waals surface area (Å²) in [5, 5.41) is 5.91. The van der Waals surface area contributed by atoms with Crippen molar-refractivity contribution in [1.82, 2.24) is 10.6 Å². The Morgan fingerprint density at radius 3 is 2.88 bits per heavy atom. The molecule has 1 aliphatic heterocycles. The number of aryl methyl sites for hydroxylation is 1. The maximum atomic E-state index is 12.1. The Balaban J connectivity index is 0.00000288. The Morgan fingerprint density at radius 2 is 2.25 bits per heavy atom. The molecule has 2 rings (SSSR count). The summed E-state index contributed by atoms with van der Waals surface area (Å²) in [6, 6.07) is 7.62. The predicted molar refractivity (Wildman–Crippen MR) is 93.3 cm³/mol. The van der Waals surface area contributed by atoms with Crippen LogP contribution in [0.25, 0.3) is 0 Å². The molecular formula is C17H25ClN2O4. The van der Waals surface area contributed by atoms with Crippen LogP contribution in [0.3, 0.4) is 0 Å². The number of halogens is 1. The van der Waals surface area contributed by atoms with Gasteiger partial charge in [-0.05, 0) is 18.9 Å². The molecule has 6 nitrogen and oxygen atoms in total. The third-order valence-electron chi connectivity index (χ3n) is 3.86. The number of ether oxygens (including phenoxy) is 2. The van der Waals surface area contributed by atoms with Crippen molar-refractivity contribution in [1.29, 1.82) is 0 Å². The minimum Gasteiger partial charge on any atom is -0.469 e. The van der Waals surface area contributed by atoms with Gasteiger partial charge in [0.2, 0.25) is 5.91 Å². The average molecular weight is 357 g/mol. The number of carbonyl (C=O) groups is 2. The average Bonchev–Trinajstić information content (AvgIpc) is 2.58. The highest BCUT2D eigenvalue weighted by Crippen LogP contribution is 2.12. The number of hydrogen-bond donors (Lipinski definition) is 2. The number of benzene rings is 1. The minimum absolute atomic E-state index is 0. The fraction of sp³-hybridized carbons (Fsp3) is 0.529. The van der Waals surface area contributed by atoms with E-state index >= 15 is 0 Å². The zero-order valence-electron chi connectivity index (χ0n) is 14.0. The van der Waals surface area contributed by atoms with Crippen molar-refractivity contribution in [3.8, 4) is 0 Å². The molecule has 1 fully saturated rings.